The molecule has 0 radical (unpaired) electrons. The Kier molecular flexibility index (Phi) is 4.04. The predicted molar refractivity (Wildman–Crippen MR) is 89.4 cm³/mol. The highest BCUT2D eigenvalue weighted by Crippen LogP contribution is 2.29. The van der Waals surface area contributed by atoms with Crippen LogP contribution in [0.2, 0.25) is 0 Å². The van der Waals surface area contributed by atoms with Crippen molar-refractivity contribution in [3.05, 3.63) is 79.7 Å². The van der Waals surface area contributed by atoms with Gasteiger partial charge in [0.05, 0.1) is 4.92 Å². The minimum atomic E-state index is -0.490. The van der Waals surface area contributed by atoms with Gasteiger partial charge in [0.15, 0.2) is 5.75 Å². The Hall–Kier alpha value is -3.15. The van der Waals surface area contributed by atoms with E-state index in [1.54, 1.807) is 18.2 Å². The summed E-state index contributed by atoms with van der Waals surface area (Å²) in [5, 5.41) is 11.9. The molecule has 0 amide bonds. The molecule has 0 unspecified atom stereocenters. The third-order valence-electron chi connectivity index (χ3n) is 3.68. The molecule has 0 saturated heterocycles. The molecular weight excluding hydrogens is 310 g/mol. The van der Waals surface area contributed by atoms with E-state index in [-0.39, 0.29) is 18.0 Å². The normalized spacial score (nSPS) is 10.8. The lowest BCUT2D eigenvalue weighted by atomic mass is 10.1. The van der Waals surface area contributed by atoms with Crippen LogP contribution in [0.5, 0.6) is 5.75 Å². The maximum atomic E-state index is 11.7. The van der Waals surface area contributed by atoms with E-state index in [2.05, 4.69) is 0 Å². The van der Waals surface area contributed by atoms with Gasteiger partial charge in [-0.05, 0) is 37.1 Å². The maximum absolute atomic E-state index is 11.7. The first-order valence-electron chi connectivity index (χ1n) is 7.35. The van der Waals surface area contributed by atoms with Gasteiger partial charge in [-0.15, -0.1) is 0 Å². The monoisotopic (exact) mass is 325 g/mol. The van der Waals surface area contributed by atoms with Gasteiger partial charge in [0.2, 0.25) is 0 Å². The second kappa shape index (κ2) is 6.16. The van der Waals surface area contributed by atoms with E-state index in [0.29, 0.717) is 11.1 Å². The number of benzene rings is 2. The van der Waals surface area contributed by atoms with E-state index in [9.17, 15) is 14.9 Å². The van der Waals surface area contributed by atoms with Crippen LogP contribution < -0.4 is 10.4 Å². The number of hydrogen-bond acceptors (Lipinski definition) is 5. The Bertz CT molecular complexity index is 990. The Morgan fingerprint density at radius 1 is 1.08 bits per heavy atom. The molecule has 0 spiro atoms. The van der Waals surface area contributed by atoms with E-state index in [1.807, 2.05) is 26.0 Å². The van der Waals surface area contributed by atoms with E-state index in [0.717, 1.165) is 16.5 Å². The van der Waals surface area contributed by atoms with Gasteiger partial charge in [-0.1, -0.05) is 18.2 Å². The molecule has 0 bridgehead atoms. The molecule has 122 valence electrons. The van der Waals surface area contributed by atoms with E-state index in [1.165, 1.54) is 12.1 Å². The van der Waals surface area contributed by atoms with Gasteiger partial charge in [0, 0.05) is 23.1 Å². The lowest BCUT2D eigenvalue weighted by Crippen LogP contribution is -2.05. The van der Waals surface area contributed by atoms with Crippen molar-refractivity contribution in [3.8, 4) is 5.75 Å². The summed E-state index contributed by atoms with van der Waals surface area (Å²) in [5.74, 6) is 0.175. The van der Waals surface area contributed by atoms with E-state index < -0.39 is 10.5 Å². The summed E-state index contributed by atoms with van der Waals surface area (Å²) in [6, 6.07) is 11.5. The molecule has 6 nitrogen and oxygen atoms in total. The van der Waals surface area contributed by atoms with Gasteiger partial charge in [0.25, 0.3) is 0 Å². The fourth-order valence-corrected chi connectivity index (χ4v) is 2.50. The smallest absolute Gasteiger partial charge is 0.336 e. The summed E-state index contributed by atoms with van der Waals surface area (Å²) in [4.78, 5) is 22.3. The number of rotatable bonds is 4. The van der Waals surface area contributed by atoms with Crippen LogP contribution in [0.3, 0.4) is 0 Å². The molecule has 0 aliphatic rings. The quantitative estimate of drug-likeness (QED) is 0.413. The second-order valence-electron chi connectivity index (χ2n) is 5.61. The van der Waals surface area contributed by atoms with Gasteiger partial charge in [-0.2, -0.15) is 0 Å². The molecule has 0 fully saturated rings. The van der Waals surface area contributed by atoms with Crippen LogP contribution in [0.4, 0.5) is 5.69 Å². The highest BCUT2D eigenvalue weighted by Gasteiger charge is 2.16. The van der Waals surface area contributed by atoms with Crippen molar-refractivity contribution >= 4 is 16.7 Å². The highest BCUT2D eigenvalue weighted by molar-refractivity contribution is 5.80. The molecule has 0 N–H and O–H groups in total. The summed E-state index contributed by atoms with van der Waals surface area (Å²) in [6.45, 7) is 3.76. The molecule has 3 rings (SSSR count). The highest BCUT2D eigenvalue weighted by atomic mass is 16.6. The number of nitro groups is 1. The third-order valence-corrected chi connectivity index (χ3v) is 3.68. The maximum Gasteiger partial charge on any atom is 0.336 e. The van der Waals surface area contributed by atoms with Crippen molar-refractivity contribution < 1.29 is 14.1 Å². The van der Waals surface area contributed by atoms with Gasteiger partial charge in [-0.3, -0.25) is 10.1 Å². The number of hydrogen-bond donors (Lipinski definition) is 0. The zero-order valence-corrected chi connectivity index (χ0v) is 13.2. The fourth-order valence-electron chi connectivity index (χ4n) is 2.50. The zero-order chi connectivity index (χ0) is 17.3. The van der Waals surface area contributed by atoms with Gasteiger partial charge >= 0.3 is 11.3 Å². The van der Waals surface area contributed by atoms with Crippen LogP contribution in [0.1, 0.15) is 16.7 Å². The van der Waals surface area contributed by atoms with E-state index >= 15 is 0 Å². The molecule has 0 aliphatic carbocycles. The van der Waals surface area contributed by atoms with Crippen molar-refractivity contribution in [2.45, 2.75) is 20.5 Å². The molecule has 6 heteroatoms. The number of ether oxygens (including phenoxy) is 1. The number of nitro benzene ring substituents is 1. The second-order valence-corrected chi connectivity index (χ2v) is 5.61. The molecule has 2 aromatic carbocycles. The average Bonchev–Trinajstić information content (AvgIpc) is 2.51. The molecule has 0 atom stereocenters. The van der Waals surface area contributed by atoms with Gasteiger partial charge in [0.1, 0.15) is 12.2 Å². The van der Waals surface area contributed by atoms with Gasteiger partial charge in [-0.25, -0.2) is 4.79 Å². The Morgan fingerprint density at radius 2 is 1.79 bits per heavy atom. The number of aryl methyl sites for hydroxylation is 2. The molecule has 3 aromatic rings. The minimum absolute atomic E-state index is 0.0372. The third kappa shape index (κ3) is 3.12. The molecule has 0 aliphatic heterocycles. The van der Waals surface area contributed by atoms with Crippen LogP contribution in [0.15, 0.2) is 51.7 Å². The zero-order valence-electron chi connectivity index (χ0n) is 13.2. The van der Waals surface area contributed by atoms with Crippen LogP contribution >= 0.6 is 0 Å². The van der Waals surface area contributed by atoms with E-state index in [4.69, 9.17) is 9.15 Å². The first-order valence-corrected chi connectivity index (χ1v) is 7.35. The molecular formula is C18H15NO5. The summed E-state index contributed by atoms with van der Waals surface area (Å²) >= 11 is 0. The molecule has 0 saturated carbocycles. The number of nitrogens with zero attached hydrogens (tertiary/aromatic N) is 1. The number of fused-ring (bicyclic) bond motifs is 1. The SMILES string of the molecule is Cc1ccc([N+](=O)[O-])c(OCc2cc(=O)oc3cc(C)ccc23)c1. The topological polar surface area (TPSA) is 82.6 Å². The van der Waals surface area contributed by atoms with Gasteiger partial charge < -0.3 is 9.15 Å². The van der Waals surface area contributed by atoms with Crippen molar-refractivity contribution in [2.75, 3.05) is 0 Å². The van der Waals surface area contributed by atoms with Crippen LogP contribution in [0, 0.1) is 24.0 Å². The Labute approximate surface area is 137 Å². The largest absolute Gasteiger partial charge is 0.482 e. The van der Waals surface area contributed by atoms with Crippen molar-refractivity contribution in [1.82, 2.24) is 0 Å². The fraction of sp³-hybridized carbons (Fsp3) is 0.167. The van der Waals surface area contributed by atoms with Crippen molar-refractivity contribution in [3.63, 3.8) is 0 Å². The van der Waals surface area contributed by atoms with Crippen molar-refractivity contribution in [1.29, 1.82) is 0 Å². The lowest BCUT2D eigenvalue weighted by Gasteiger charge is -2.09. The van der Waals surface area contributed by atoms with Crippen molar-refractivity contribution in [2.24, 2.45) is 0 Å². The average molecular weight is 325 g/mol. The molecule has 1 heterocycles. The van der Waals surface area contributed by atoms with Crippen LogP contribution in [-0.4, -0.2) is 4.92 Å². The standard InChI is InChI=1S/C18H15NO5/c1-11-3-5-14-13(9-18(20)24-16(14)7-11)10-23-17-8-12(2)4-6-15(17)19(21)22/h3-9H,10H2,1-2H3. The predicted octanol–water partition coefficient (Wildman–Crippen LogP) is 3.90. The molecule has 1 aromatic heterocycles. The summed E-state index contributed by atoms with van der Waals surface area (Å²) in [5.41, 5.74) is 2.33. The lowest BCUT2D eigenvalue weighted by molar-refractivity contribution is -0.386. The Balaban J connectivity index is 1.99. The Morgan fingerprint density at radius 3 is 2.54 bits per heavy atom. The summed E-state index contributed by atoms with van der Waals surface area (Å²) < 4.78 is 10.8. The first kappa shape index (κ1) is 15.7. The molecule has 24 heavy (non-hydrogen) atoms. The van der Waals surface area contributed by atoms with Crippen LogP contribution in [-0.2, 0) is 6.61 Å². The minimum Gasteiger partial charge on any atom is -0.482 e. The summed E-state index contributed by atoms with van der Waals surface area (Å²) in [6.07, 6.45) is 0. The summed E-state index contributed by atoms with van der Waals surface area (Å²) in [7, 11) is 0. The van der Waals surface area contributed by atoms with Crippen LogP contribution in [0.25, 0.3) is 11.0 Å². The first-order chi connectivity index (χ1) is 11.4.